The highest BCUT2D eigenvalue weighted by Crippen LogP contribution is 2.30. The fraction of sp³-hybridized carbons (Fsp3) is 0.321. The predicted molar refractivity (Wildman–Crippen MR) is 147 cm³/mol. The van der Waals surface area contributed by atoms with Gasteiger partial charge in [0.2, 0.25) is 17.6 Å². The maximum Gasteiger partial charge on any atom is 0.248 e. The van der Waals surface area contributed by atoms with Crippen molar-refractivity contribution < 1.29 is 9.59 Å². The van der Waals surface area contributed by atoms with Crippen molar-refractivity contribution in [1.29, 1.82) is 0 Å². The van der Waals surface area contributed by atoms with E-state index in [9.17, 15) is 9.59 Å². The summed E-state index contributed by atoms with van der Waals surface area (Å²) in [4.78, 5) is 31.2. The zero-order valence-corrected chi connectivity index (χ0v) is 22.7. The Morgan fingerprint density at radius 2 is 1.87 bits per heavy atom. The number of aromatic nitrogens is 4. The van der Waals surface area contributed by atoms with Crippen LogP contribution in [0.15, 0.2) is 66.0 Å². The quantitative estimate of drug-likeness (QED) is 0.310. The smallest absolute Gasteiger partial charge is 0.248 e. The number of halogens is 1. The van der Waals surface area contributed by atoms with Gasteiger partial charge < -0.3 is 10.2 Å². The van der Waals surface area contributed by atoms with Crippen molar-refractivity contribution in [3.05, 3.63) is 87.1 Å². The molecule has 0 aliphatic heterocycles. The molecule has 196 valence electrons. The first kappa shape index (κ1) is 26.1. The first-order chi connectivity index (χ1) is 18.5. The van der Waals surface area contributed by atoms with Crippen molar-refractivity contribution in [2.45, 2.75) is 57.8 Å². The van der Waals surface area contributed by atoms with Crippen LogP contribution in [-0.4, -0.2) is 43.0 Å². The lowest BCUT2D eigenvalue weighted by molar-refractivity contribution is -0.142. The molecule has 5 rings (SSSR count). The summed E-state index contributed by atoms with van der Waals surface area (Å²) < 4.78 is 0. The molecular weight excluding hydrogens is 520 g/mol. The molecule has 0 spiro atoms. The molecular formula is C28H29ClN6O2S. The van der Waals surface area contributed by atoms with Crippen LogP contribution in [0, 0.1) is 6.92 Å². The molecule has 1 aliphatic carbocycles. The van der Waals surface area contributed by atoms with E-state index in [-0.39, 0.29) is 30.9 Å². The summed E-state index contributed by atoms with van der Waals surface area (Å²) in [6.45, 7) is 2.01. The van der Waals surface area contributed by atoms with Crippen LogP contribution in [-0.2, 0) is 22.7 Å². The standard InChI is InChI=1S/C28H29ClN6O2S/c1-19-12-14-20(15-13-19)27-31-33-35(32-27)18-25(36)34(17-21-7-2-5-10-23(21)29)26(24-11-6-16-38-24)28(37)30-22-8-3-4-9-22/h2,5-7,10-16,22,26H,3-4,8-9,17-18H2,1H3,(H,30,37)/t26-/m0/s1. The summed E-state index contributed by atoms with van der Waals surface area (Å²) in [5.74, 6) is -0.0615. The second kappa shape index (κ2) is 11.9. The molecule has 2 heterocycles. The van der Waals surface area contributed by atoms with Gasteiger partial charge in [0.05, 0.1) is 0 Å². The topological polar surface area (TPSA) is 93.0 Å². The van der Waals surface area contributed by atoms with Crippen LogP contribution in [0.5, 0.6) is 0 Å². The third-order valence-electron chi connectivity index (χ3n) is 6.73. The molecule has 0 saturated heterocycles. The third kappa shape index (κ3) is 6.11. The Morgan fingerprint density at radius 3 is 2.58 bits per heavy atom. The summed E-state index contributed by atoms with van der Waals surface area (Å²) in [7, 11) is 0. The van der Waals surface area contributed by atoms with Gasteiger partial charge in [-0.15, -0.1) is 21.5 Å². The van der Waals surface area contributed by atoms with E-state index in [4.69, 9.17) is 11.6 Å². The van der Waals surface area contributed by atoms with Crippen LogP contribution >= 0.6 is 22.9 Å². The molecule has 1 atom stereocenters. The van der Waals surface area contributed by atoms with Gasteiger partial charge in [0.25, 0.3) is 0 Å². The molecule has 8 nitrogen and oxygen atoms in total. The third-order valence-corrected chi connectivity index (χ3v) is 8.03. The van der Waals surface area contributed by atoms with E-state index in [1.807, 2.05) is 66.9 Å². The molecule has 2 amide bonds. The average Bonchev–Trinajstić information content (AvgIpc) is 3.69. The maximum atomic E-state index is 13.9. The lowest BCUT2D eigenvalue weighted by Crippen LogP contribution is -2.46. The Morgan fingerprint density at radius 1 is 1.11 bits per heavy atom. The number of amides is 2. The largest absolute Gasteiger partial charge is 0.351 e. The number of rotatable bonds is 9. The zero-order valence-electron chi connectivity index (χ0n) is 21.1. The van der Waals surface area contributed by atoms with Gasteiger partial charge in [-0.1, -0.05) is 78.5 Å². The number of carbonyl (C=O) groups excluding carboxylic acids is 2. The first-order valence-corrected chi connectivity index (χ1v) is 13.9. The number of hydrogen-bond donors (Lipinski definition) is 1. The van der Waals surface area contributed by atoms with Crippen LogP contribution in [0.3, 0.4) is 0 Å². The number of thiophene rings is 1. The van der Waals surface area contributed by atoms with Gasteiger partial charge in [-0.3, -0.25) is 9.59 Å². The van der Waals surface area contributed by atoms with Crippen molar-refractivity contribution in [2.75, 3.05) is 0 Å². The van der Waals surface area contributed by atoms with Gasteiger partial charge in [-0.05, 0) is 48.1 Å². The zero-order chi connectivity index (χ0) is 26.5. The Labute approximate surface area is 230 Å². The second-order valence-electron chi connectivity index (χ2n) is 9.53. The van der Waals surface area contributed by atoms with E-state index >= 15 is 0 Å². The van der Waals surface area contributed by atoms with Gasteiger partial charge in [-0.25, -0.2) is 0 Å². The molecule has 0 bridgehead atoms. The number of nitrogens with one attached hydrogen (secondary N) is 1. The van der Waals surface area contributed by atoms with Crippen molar-refractivity contribution in [3.8, 4) is 11.4 Å². The second-order valence-corrected chi connectivity index (χ2v) is 10.9. The molecule has 4 aromatic rings. The fourth-order valence-electron chi connectivity index (χ4n) is 4.70. The van der Waals surface area contributed by atoms with Crippen LogP contribution in [0.1, 0.15) is 47.7 Å². The van der Waals surface area contributed by atoms with Crippen LogP contribution < -0.4 is 5.32 Å². The summed E-state index contributed by atoms with van der Waals surface area (Å²) in [5, 5.41) is 18.3. The lowest BCUT2D eigenvalue weighted by atomic mass is 10.1. The van der Waals surface area contributed by atoms with E-state index < -0.39 is 6.04 Å². The molecule has 2 aromatic heterocycles. The Bertz CT molecular complexity index is 1380. The molecule has 0 radical (unpaired) electrons. The highest BCUT2D eigenvalue weighted by molar-refractivity contribution is 7.10. The molecule has 1 N–H and O–H groups in total. The minimum absolute atomic E-state index is 0.122. The molecule has 2 aromatic carbocycles. The fourth-order valence-corrected chi connectivity index (χ4v) is 5.73. The number of aryl methyl sites for hydroxylation is 1. The molecule has 10 heteroatoms. The molecule has 1 fully saturated rings. The lowest BCUT2D eigenvalue weighted by Gasteiger charge is -2.31. The molecule has 1 saturated carbocycles. The minimum Gasteiger partial charge on any atom is -0.351 e. The van der Waals surface area contributed by atoms with Gasteiger partial charge in [0, 0.05) is 28.0 Å². The summed E-state index contributed by atoms with van der Waals surface area (Å²) >= 11 is 7.93. The first-order valence-electron chi connectivity index (χ1n) is 12.7. The summed E-state index contributed by atoms with van der Waals surface area (Å²) in [6, 6.07) is 18.2. The van der Waals surface area contributed by atoms with Gasteiger partial charge in [0.15, 0.2) is 0 Å². The van der Waals surface area contributed by atoms with E-state index in [2.05, 4.69) is 20.7 Å². The molecule has 1 aliphatic rings. The van der Waals surface area contributed by atoms with Crippen molar-refractivity contribution >= 4 is 34.8 Å². The molecule has 0 unspecified atom stereocenters. The number of carbonyl (C=O) groups is 2. The van der Waals surface area contributed by atoms with Crippen molar-refractivity contribution in [2.24, 2.45) is 0 Å². The van der Waals surface area contributed by atoms with Crippen molar-refractivity contribution in [3.63, 3.8) is 0 Å². The van der Waals surface area contributed by atoms with Gasteiger partial charge in [0.1, 0.15) is 12.6 Å². The van der Waals surface area contributed by atoms with Crippen LogP contribution in [0.2, 0.25) is 5.02 Å². The van der Waals surface area contributed by atoms with E-state index in [1.54, 1.807) is 11.0 Å². The monoisotopic (exact) mass is 548 g/mol. The normalized spacial score (nSPS) is 14.4. The van der Waals surface area contributed by atoms with E-state index in [1.165, 1.54) is 16.1 Å². The highest BCUT2D eigenvalue weighted by atomic mass is 35.5. The van der Waals surface area contributed by atoms with Crippen LogP contribution in [0.4, 0.5) is 0 Å². The van der Waals surface area contributed by atoms with Gasteiger partial charge in [-0.2, -0.15) is 4.80 Å². The number of hydrogen-bond acceptors (Lipinski definition) is 6. The van der Waals surface area contributed by atoms with Gasteiger partial charge >= 0.3 is 0 Å². The Kier molecular flexibility index (Phi) is 8.14. The SMILES string of the molecule is Cc1ccc(-c2nnn(CC(=O)N(Cc3ccccc3Cl)[C@H](C(=O)NC3CCCC3)c3cccs3)n2)cc1. The maximum absolute atomic E-state index is 13.9. The number of benzene rings is 2. The predicted octanol–water partition coefficient (Wildman–Crippen LogP) is 5.19. The summed E-state index contributed by atoms with van der Waals surface area (Å²) in [6.07, 6.45) is 4.09. The molecule has 38 heavy (non-hydrogen) atoms. The number of nitrogens with zero attached hydrogens (tertiary/aromatic N) is 5. The van der Waals surface area contributed by atoms with Crippen LogP contribution in [0.25, 0.3) is 11.4 Å². The van der Waals surface area contributed by atoms with E-state index in [0.29, 0.717) is 10.8 Å². The Hall–Kier alpha value is -3.56. The van der Waals surface area contributed by atoms with Crippen molar-refractivity contribution in [1.82, 2.24) is 30.4 Å². The average molecular weight is 549 g/mol. The number of tetrazole rings is 1. The minimum atomic E-state index is -0.806. The Balaban J connectivity index is 1.44. The summed E-state index contributed by atoms with van der Waals surface area (Å²) in [5.41, 5.74) is 2.70. The highest BCUT2D eigenvalue weighted by Gasteiger charge is 2.34. The van der Waals surface area contributed by atoms with E-state index in [0.717, 1.165) is 47.3 Å².